The molecule has 0 saturated heterocycles. The van der Waals surface area contributed by atoms with Gasteiger partial charge in [0.05, 0.1) is 10.5 Å². The van der Waals surface area contributed by atoms with Gasteiger partial charge in [0.1, 0.15) is 10.7 Å². The van der Waals surface area contributed by atoms with E-state index in [0.29, 0.717) is 29.4 Å². The fourth-order valence-corrected chi connectivity index (χ4v) is 6.24. The number of fused-ring (bicyclic) bond motifs is 1. The minimum atomic E-state index is -3.67. The molecule has 0 atom stereocenters. The Kier molecular flexibility index (Phi) is 7.82. The van der Waals surface area contributed by atoms with Crippen molar-refractivity contribution in [1.29, 1.82) is 0 Å². The van der Waals surface area contributed by atoms with Gasteiger partial charge in [-0.3, -0.25) is 0 Å². The Morgan fingerprint density at radius 1 is 0.971 bits per heavy atom. The maximum Gasteiger partial charge on any atom is 0.242 e. The van der Waals surface area contributed by atoms with Gasteiger partial charge in [0, 0.05) is 37.6 Å². The van der Waals surface area contributed by atoms with Crippen molar-refractivity contribution in [3.05, 3.63) is 52.5 Å². The van der Waals surface area contributed by atoms with E-state index in [9.17, 15) is 8.42 Å². The average molecular weight is 523 g/mol. The number of nitrogens with one attached hydrogen (secondary N) is 2. The van der Waals surface area contributed by atoms with Crippen LogP contribution in [-0.4, -0.2) is 45.6 Å². The van der Waals surface area contributed by atoms with Crippen LogP contribution in [0.2, 0.25) is 10.0 Å². The summed E-state index contributed by atoms with van der Waals surface area (Å²) in [4.78, 5) is 11.4. The van der Waals surface area contributed by atoms with Crippen molar-refractivity contribution in [3.63, 3.8) is 0 Å². The molecule has 1 aliphatic rings. The monoisotopic (exact) mass is 521 g/mol. The van der Waals surface area contributed by atoms with Gasteiger partial charge in [0.15, 0.2) is 0 Å². The third-order valence-corrected chi connectivity index (χ3v) is 8.41. The maximum atomic E-state index is 12.6. The summed E-state index contributed by atoms with van der Waals surface area (Å²) in [5.74, 6) is 2.33. The van der Waals surface area contributed by atoms with Crippen LogP contribution in [0.15, 0.2) is 47.4 Å². The highest BCUT2D eigenvalue weighted by molar-refractivity contribution is 7.89. The van der Waals surface area contributed by atoms with Crippen molar-refractivity contribution in [2.75, 3.05) is 37.4 Å². The van der Waals surface area contributed by atoms with Crippen LogP contribution in [0.4, 0.5) is 11.8 Å². The molecule has 3 aromatic rings. The number of nitrogens with zero attached hydrogens (tertiary/aromatic N) is 3. The zero-order valence-corrected chi connectivity index (χ0v) is 21.6. The highest BCUT2D eigenvalue weighted by Gasteiger charge is 2.24. The van der Waals surface area contributed by atoms with Gasteiger partial charge >= 0.3 is 0 Å². The number of para-hydroxylation sites is 1. The van der Waals surface area contributed by atoms with Gasteiger partial charge in [-0.15, -0.1) is 0 Å². The summed E-state index contributed by atoms with van der Waals surface area (Å²) < 4.78 is 28.0. The van der Waals surface area contributed by atoms with Crippen LogP contribution in [0.3, 0.4) is 0 Å². The Balaban J connectivity index is 1.29. The molecular weight excluding hydrogens is 493 g/mol. The van der Waals surface area contributed by atoms with Gasteiger partial charge in [0.25, 0.3) is 0 Å². The molecule has 0 spiro atoms. The van der Waals surface area contributed by atoms with Gasteiger partial charge in [-0.05, 0) is 67.9 Å². The third kappa shape index (κ3) is 5.92. The number of anilines is 2. The van der Waals surface area contributed by atoms with Gasteiger partial charge in [-0.2, -0.15) is 4.98 Å². The van der Waals surface area contributed by atoms with E-state index in [2.05, 4.69) is 15.0 Å². The molecule has 0 aliphatic heterocycles. The highest BCUT2D eigenvalue weighted by atomic mass is 35.5. The van der Waals surface area contributed by atoms with Crippen LogP contribution in [0, 0.1) is 11.8 Å². The minimum absolute atomic E-state index is 0.0592. The summed E-state index contributed by atoms with van der Waals surface area (Å²) in [5, 5.41) is 4.98. The minimum Gasteiger partial charge on any atom is -0.362 e. The molecule has 1 heterocycles. The Morgan fingerprint density at radius 2 is 1.65 bits per heavy atom. The molecule has 1 fully saturated rings. The summed E-state index contributed by atoms with van der Waals surface area (Å²) in [6.45, 7) is 1.20. The molecule has 182 valence electrons. The molecule has 0 radical (unpaired) electrons. The van der Waals surface area contributed by atoms with Crippen molar-refractivity contribution in [2.24, 2.45) is 11.8 Å². The second kappa shape index (κ2) is 10.6. The quantitative estimate of drug-likeness (QED) is 0.423. The lowest BCUT2D eigenvalue weighted by Crippen LogP contribution is -2.32. The third-order valence-electron chi connectivity index (χ3n) is 6.27. The average Bonchev–Trinajstić information content (AvgIpc) is 2.81. The Morgan fingerprint density at radius 3 is 2.32 bits per heavy atom. The van der Waals surface area contributed by atoms with Crippen LogP contribution in [0.5, 0.6) is 0 Å². The second-order valence-electron chi connectivity index (χ2n) is 8.98. The van der Waals surface area contributed by atoms with Gasteiger partial charge in [-0.1, -0.05) is 35.3 Å². The SMILES string of the molecule is CN(C)c1nc(NCC2CCC(CNS(=O)(=O)c3ccc(Cl)cc3Cl)CC2)nc2ccccc12. The van der Waals surface area contributed by atoms with Crippen molar-refractivity contribution in [3.8, 4) is 0 Å². The van der Waals surface area contributed by atoms with Gasteiger partial charge in [-0.25, -0.2) is 18.1 Å². The van der Waals surface area contributed by atoms with Crippen molar-refractivity contribution < 1.29 is 8.42 Å². The first kappa shape index (κ1) is 25.0. The summed E-state index contributed by atoms with van der Waals surface area (Å²) in [6.07, 6.45) is 3.97. The predicted octanol–water partition coefficient (Wildman–Crippen LogP) is 5.20. The van der Waals surface area contributed by atoms with E-state index in [0.717, 1.165) is 48.9 Å². The van der Waals surface area contributed by atoms with Crippen molar-refractivity contribution in [1.82, 2.24) is 14.7 Å². The molecule has 10 heteroatoms. The number of hydrogen-bond acceptors (Lipinski definition) is 6. The topological polar surface area (TPSA) is 87.2 Å². The molecule has 0 unspecified atom stereocenters. The lowest BCUT2D eigenvalue weighted by atomic mass is 9.82. The van der Waals surface area contributed by atoms with E-state index < -0.39 is 10.0 Å². The predicted molar refractivity (Wildman–Crippen MR) is 139 cm³/mol. The molecule has 4 rings (SSSR count). The van der Waals surface area contributed by atoms with Crippen LogP contribution in [-0.2, 0) is 10.0 Å². The number of benzene rings is 2. The van der Waals surface area contributed by atoms with Crippen LogP contribution in [0.25, 0.3) is 10.9 Å². The van der Waals surface area contributed by atoms with E-state index in [1.165, 1.54) is 18.2 Å². The first-order valence-electron chi connectivity index (χ1n) is 11.4. The summed E-state index contributed by atoms with van der Waals surface area (Å²) in [5.41, 5.74) is 0.917. The Hall–Kier alpha value is -2.13. The van der Waals surface area contributed by atoms with E-state index >= 15 is 0 Å². The lowest BCUT2D eigenvalue weighted by Gasteiger charge is -2.29. The van der Waals surface area contributed by atoms with Crippen LogP contribution >= 0.6 is 23.2 Å². The van der Waals surface area contributed by atoms with Crippen molar-refractivity contribution in [2.45, 2.75) is 30.6 Å². The van der Waals surface area contributed by atoms with Gasteiger partial charge in [0.2, 0.25) is 16.0 Å². The summed E-state index contributed by atoms with van der Waals surface area (Å²) in [7, 11) is 0.293. The van der Waals surface area contributed by atoms with Gasteiger partial charge < -0.3 is 10.2 Å². The standard InChI is InChI=1S/C24H29Cl2N5O2S/c1-31(2)23-19-5-3-4-6-21(19)29-24(30-23)27-14-16-7-9-17(10-8-16)15-28-34(32,33)22-12-11-18(25)13-20(22)26/h3-6,11-13,16-17,28H,7-10,14-15H2,1-2H3,(H,27,29,30). The van der Waals surface area contributed by atoms with E-state index in [4.69, 9.17) is 28.2 Å². The highest BCUT2D eigenvalue weighted by Crippen LogP contribution is 2.30. The summed E-state index contributed by atoms with van der Waals surface area (Å²) in [6, 6.07) is 12.4. The molecule has 1 aliphatic carbocycles. The molecule has 0 amide bonds. The van der Waals surface area contributed by atoms with Crippen LogP contribution in [0.1, 0.15) is 25.7 Å². The Labute approximate surface area is 210 Å². The molecule has 7 nitrogen and oxygen atoms in total. The number of halogens is 2. The molecule has 2 N–H and O–H groups in total. The number of sulfonamides is 1. The largest absolute Gasteiger partial charge is 0.362 e. The molecule has 2 aromatic carbocycles. The normalized spacial score (nSPS) is 18.7. The Bertz CT molecular complexity index is 1260. The maximum absolute atomic E-state index is 12.6. The number of hydrogen-bond donors (Lipinski definition) is 2. The molecular formula is C24H29Cl2N5O2S. The molecule has 1 saturated carbocycles. The lowest BCUT2D eigenvalue weighted by molar-refractivity contribution is 0.284. The van der Waals surface area contributed by atoms with E-state index in [1.807, 2.05) is 43.3 Å². The first-order chi connectivity index (χ1) is 16.2. The van der Waals surface area contributed by atoms with Crippen LogP contribution < -0.4 is 14.9 Å². The zero-order chi connectivity index (χ0) is 24.3. The number of aromatic nitrogens is 2. The van der Waals surface area contributed by atoms with E-state index in [-0.39, 0.29) is 9.92 Å². The zero-order valence-electron chi connectivity index (χ0n) is 19.3. The van der Waals surface area contributed by atoms with E-state index in [1.54, 1.807) is 0 Å². The first-order valence-corrected chi connectivity index (χ1v) is 13.6. The fraction of sp³-hybridized carbons (Fsp3) is 0.417. The van der Waals surface area contributed by atoms with Crippen molar-refractivity contribution >= 4 is 55.9 Å². The fourth-order valence-electron chi connectivity index (χ4n) is 4.35. The number of rotatable bonds is 8. The molecule has 34 heavy (non-hydrogen) atoms. The smallest absolute Gasteiger partial charge is 0.242 e. The second-order valence-corrected chi connectivity index (χ2v) is 11.6. The summed E-state index contributed by atoms with van der Waals surface area (Å²) >= 11 is 12.0. The molecule has 0 bridgehead atoms. The molecule has 1 aromatic heterocycles.